The van der Waals surface area contributed by atoms with E-state index in [9.17, 15) is 13.6 Å². The number of hydrogen-bond donors (Lipinski definition) is 2. The first-order valence-electron chi connectivity index (χ1n) is 5.70. The van der Waals surface area contributed by atoms with E-state index in [1.807, 2.05) is 0 Å². The van der Waals surface area contributed by atoms with Crippen LogP contribution in [-0.2, 0) is 0 Å². The highest BCUT2D eigenvalue weighted by Crippen LogP contribution is 2.20. The van der Waals surface area contributed by atoms with Crippen molar-refractivity contribution in [2.24, 2.45) is 0 Å². The smallest absolute Gasteiger partial charge is 0.273 e. The van der Waals surface area contributed by atoms with Gasteiger partial charge < -0.3 is 5.32 Å². The van der Waals surface area contributed by atoms with Crippen molar-refractivity contribution >= 4 is 22.4 Å². The zero-order valence-electron chi connectivity index (χ0n) is 10.0. The molecule has 20 heavy (non-hydrogen) atoms. The third-order valence-corrected chi connectivity index (χ3v) is 2.72. The van der Waals surface area contributed by atoms with Crippen LogP contribution in [0.15, 0.2) is 41.3 Å². The molecule has 5 nitrogen and oxygen atoms in total. The molecule has 0 fully saturated rings. The number of aromatic nitrogens is 3. The van der Waals surface area contributed by atoms with E-state index < -0.39 is 11.6 Å². The van der Waals surface area contributed by atoms with Gasteiger partial charge in [0.2, 0.25) is 0 Å². The number of nitrogens with one attached hydrogen (secondary N) is 2. The number of benzene rings is 1. The molecule has 0 amide bonds. The fraction of sp³-hybridized carbons (Fsp3) is 0. The van der Waals surface area contributed by atoms with Crippen LogP contribution in [0.3, 0.4) is 0 Å². The lowest BCUT2D eigenvalue weighted by atomic mass is 10.2. The van der Waals surface area contributed by atoms with Crippen molar-refractivity contribution in [1.82, 2.24) is 15.2 Å². The highest BCUT2D eigenvalue weighted by atomic mass is 19.1. The summed E-state index contributed by atoms with van der Waals surface area (Å²) in [4.78, 5) is 15.6. The van der Waals surface area contributed by atoms with Crippen LogP contribution in [0.25, 0.3) is 10.9 Å². The molecule has 0 saturated carbocycles. The van der Waals surface area contributed by atoms with Crippen molar-refractivity contribution in [3.8, 4) is 0 Å². The Morgan fingerprint density at radius 3 is 2.80 bits per heavy atom. The van der Waals surface area contributed by atoms with Crippen LogP contribution in [0.2, 0.25) is 0 Å². The maximum absolute atomic E-state index is 13.5. The van der Waals surface area contributed by atoms with Crippen LogP contribution in [0.4, 0.5) is 20.3 Å². The Hall–Kier alpha value is -2.83. The first kappa shape index (κ1) is 12.2. The Labute approximate surface area is 111 Å². The van der Waals surface area contributed by atoms with Gasteiger partial charge in [-0.1, -0.05) is 0 Å². The molecule has 0 atom stereocenters. The van der Waals surface area contributed by atoms with E-state index in [1.165, 1.54) is 18.3 Å². The fourth-order valence-corrected chi connectivity index (χ4v) is 1.78. The van der Waals surface area contributed by atoms with Crippen LogP contribution >= 0.6 is 0 Å². The van der Waals surface area contributed by atoms with Gasteiger partial charge in [0.15, 0.2) is 0 Å². The number of halogens is 2. The van der Waals surface area contributed by atoms with E-state index in [0.717, 1.165) is 12.1 Å². The predicted octanol–water partition coefficient (Wildman–Crippen LogP) is 2.34. The number of nitrogens with zero attached hydrogens (tertiary/aromatic N) is 2. The summed E-state index contributed by atoms with van der Waals surface area (Å²) in [7, 11) is 0. The van der Waals surface area contributed by atoms with Gasteiger partial charge in [0, 0.05) is 6.07 Å². The van der Waals surface area contributed by atoms with Crippen molar-refractivity contribution in [3.05, 3.63) is 58.5 Å². The summed E-state index contributed by atoms with van der Waals surface area (Å²) >= 11 is 0. The Morgan fingerprint density at radius 1 is 1.15 bits per heavy atom. The molecule has 0 radical (unpaired) electrons. The minimum atomic E-state index is -0.726. The lowest BCUT2D eigenvalue weighted by Crippen LogP contribution is -2.08. The second kappa shape index (κ2) is 4.69. The van der Waals surface area contributed by atoms with Crippen LogP contribution in [0.1, 0.15) is 0 Å². The third-order valence-electron chi connectivity index (χ3n) is 2.72. The minimum absolute atomic E-state index is 0.0936. The molecule has 0 aliphatic carbocycles. The molecule has 3 rings (SSSR count). The predicted molar refractivity (Wildman–Crippen MR) is 69.8 cm³/mol. The molecule has 1 aromatic carbocycles. The highest BCUT2D eigenvalue weighted by Gasteiger charge is 2.06. The first-order valence-corrected chi connectivity index (χ1v) is 5.70. The van der Waals surface area contributed by atoms with E-state index >= 15 is 0 Å². The largest absolute Gasteiger partial charge is 0.338 e. The maximum Gasteiger partial charge on any atom is 0.273 e. The zero-order chi connectivity index (χ0) is 14.1. The van der Waals surface area contributed by atoms with Gasteiger partial charge in [-0.05, 0) is 24.3 Å². The minimum Gasteiger partial charge on any atom is -0.338 e. The van der Waals surface area contributed by atoms with Gasteiger partial charge in [0.05, 0.1) is 22.8 Å². The Kier molecular flexibility index (Phi) is 2.86. The summed E-state index contributed by atoms with van der Waals surface area (Å²) < 4.78 is 26.3. The molecule has 7 heteroatoms. The molecule has 2 aromatic heterocycles. The maximum atomic E-state index is 13.5. The molecular formula is C13H8F2N4O. The average molecular weight is 274 g/mol. The van der Waals surface area contributed by atoms with Crippen LogP contribution in [0.5, 0.6) is 0 Å². The topological polar surface area (TPSA) is 70.7 Å². The van der Waals surface area contributed by atoms with Crippen molar-refractivity contribution in [2.45, 2.75) is 0 Å². The Bertz CT molecular complexity index is 847. The lowest BCUT2D eigenvalue weighted by Gasteiger charge is -2.07. The van der Waals surface area contributed by atoms with Gasteiger partial charge in [-0.15, -0.1) is 0 Å². The zero-order valence-corrected chi connectivity index (χ0v) is 10.0. The van der Waals surface area contributed by atoms with Crippen LogP contribution in [-0.4, -0.2) is 15.2 Å². The number of rotatable bonds is 2. The van der Waals surface area contributed by atoms with Crippen molar-refractivity contribution in [2.75, 3.05) is 5.32 Å². The second-order valence-corrected chi connectivity index (χ2v) is 4.08. The van der Waals surface area contributed by atoms with E-state index in [-0.39, 0.29) is 11.2 Å². The van der Waals surface area contributed by atoms with Crippen molar-refractivity contribution in [1.29, 1.82) is 0 Å². The summed E-state index contributed by atoms with van der Waals surface area (Å²) in [5.74, 6) is -1.05. The van der Waals surface area contributed by atoms with Gasteiger partial charge >= 0.3 is 0 Å². The van der Waals surface area contributed by atoms with Gasteiger partial charge in [-0.2, -0.15) is 5.10 Å². The monoisotopic (exact) mass is 274 g/mol. The molecule has 3 aromatic rings. The Balaban J connectivity index is 2.01. The van der Waals surface area contributed by atoms with Gasteiger partial charge in [0.1, 0.15) is 17.5 Å². The van der Waals surface area contributed by atoms with E-state index in [1.54, 1.807) is 6.07 Å². The molecule has 0 saturated heterocycles. The SMILES string of the molecule is O=c1[nH]ncc2nc(Nc3ccc(F)cc3F)ccc12. The number of pyridine rings is 1. The number of hydrogen-bond acceptors (Lipinski definition) is 4. The van der Waals surface area contributed by atoms with E-state index in [0.29, 0.717) is 16.7 Å². The third kappa shape index (κ3) is 2.20. The molecule has 0 bridgehead atoms. The normalized spacial score (nSPS) is 10.7. The first-order chi connectivity index (χ1) is 9.63. The van der Waals surface area contributed by atoms with E-state index in [2.05, 4.69) is 20.5 Å². The molecule has 0 unspecified atom stereocenters. The van der Waals surface area contributed by atoms with Crippen LogP contribution in [0, 0.1) is 11.6 Å². The van der Waals surface area contributed by atoms with Crippen molar-refractivity contribution < 1.29 is 8.78 Å². The quantitative estimate of drug-likeness (QED) is 0.752. The molecular weight excluding hydrogens is 266 g/mol. The van der Waals surface area contributed by atoms with E-state index in [4.69, 9.17) is 0 Å². The number of fused-ring (bicyclic) bond motifs is 1. The van der Waals surface area contributed by atoms with Gasteiger partial charge in [-0.3, -0.25) is 4.79 Å². The summed E-state index contributed by atoms with van der Waals surface area (Å²) in [5, 5.41) is 9.03. The second-order valence-electron chi connectivity index (χ2n) is 4.08. The van der Waals surface area contributed by atoms with Gasteiger partial charge in [0.25, 0.3) is 5.56 Å². The molecule has 0 aliphatic heterocycles. The molecule has 2 N–H and O–H groups in total. The Morgan fingerprint density at radius 2 is 2.00 bits per heavy atom. The molecule has 0 aliphatic rings. The van der Waals surface area contributed by atoms with Crippen LogP contribution < -0.4 is 10.9 Å². The number of aromatic amines is 1. The molecule has 0 spiro atoms. The summed E-state index contributed by atoms with van der Waals surface area (Å²) in [6, 6.07) is 6.26. The summed E-state index contributed by atoms with van der Waals surface area (Å²) in [6.07, 6.45) is 1.39. The van der Waals surface area contributed by atoms with Crippen molar-refractivity contribution in [3.63, 3.8) is 0 Å². The summed E-state index contributed by atoms with van der Waals surface area (Å²) in [5.41, 5.74) is 0.117. The molecule has 100 valence electrons. The standard InChI is InChI=1S/C13H8F2N4O/c14-7-1-3-10(9(15)5-7)17-12-4-2-8-11(18-12)6-16-19-13(8)20/h1-6H,(H,17,18)(H,19,20). The average Bonchev–Trinajstić information content (AvgIpc) is 2.42. The summed E-state index contributed by atoms with van der Waals surface area (Å²) in [6.45, 7) is 0. The lowest BCUT2D eigenvalue weighted by molar-refractivity contribution is 0.586. The number of anilines is 2. The highest BCUT2D eigenvalue weighted by molar-refractivity contribution is 5.78. The number of H-pyrrole nitrogens is 1. The van der Waals surface area contributed by atoms with Gasteiger partial charge in [-0.25, -0.2) is 18.9 Å². The molecule has 2 heterocycles. The fourth-order valence-electron chi connectivity index (χ4n) is 1.78.